The molecule has 1 aromatic heterocycles. The summed E-state index contributed by atoms with van der Waals surface area (Å²) < 4.78 is 7.61. The molecule has 0 radical (unpaired) electrons. The molecule has 1 heterocycles. The Labute approximate surface area is 116 Å². The van der Waals surface area contributed by atoms with Crippen LogP contribution in [-0.2, 0) is 20.6 Å². The van der Waals surface area contributed by atoms with Gasteiger partial charge in [0.05, 0.1) is 13.7 Å². The number of anilines is 1. The van der Waals surface area contributed by atoms with Gasteiger partial charge in [-0.25, -0.2) is 4.79 Å². The van der Waals surface area contributed by atoms with Gasteiger partial charge in [-0.1, -0.05) is 0 Å². The van der Waals surface area contributed by atoms with Crippen molar-refractivity contribution in [2.45, 2.75) is 6.54 Å². The second-order valence-electron chi connectivity index (χ2n) is 4.46. The van der Waals surface area contributed by atoms with Gasteiger partial charge >= 0.3 is 5.69 Å². The summed E-state index contributed by atoms with van der Waals surface area (Å²) in [7, 11) is 4.72. The molecule has 0 atom stereocenters. The van der Waals surface area contributed by atoms with Gasteiger partial charge in [-0.2, -0.15) is 0 Å². The average Bonchev–Trinajstić information content (AvgIpc) is 2.48. The highest BCUT2D eigenvalue weighted by atomic mass is 16.5. The maximum atomic E-state index is 11.8. The molecule has 106 valence electrons. The van der Waals surface area contributed by atoms with E-state index in [1.165, 1.54) is 17.7 Å². The molecule has 0 saturated heterocycles. The van der Waals surface area contributed by atoms with Crippen molar-refractivity contribution in [3.8, 4) is 5.75 Å². The third kappa shape index (κ3) is 2.74. The van der Waals surface area contributed by atoms with Gasteiger partial charge in [-0.3, -0.25) is 13.9 Å². The molecule has 2 rings (SSSR count). The normalized spacial score (nSPS) is 10.3. The average molecular weight is 275 g/mol. The van der Waals surface area contributed by atoms with Crippen LogP contribution in [0.4, 0.5) is 5.69 Å². The van der Waals surface area contributed by atoms with E-state index in [1.54, 1.807) is 14.2 Å². The molecule has 2 aromatic rings. The smallest absolute Gasteiger partial charge is 0.330 e. The van der Waals surface area contributed by atoms with Gasteiger partial charge in [0.1, 0.15) is 5.75 Å². The molecule has 6 heteroatoms. The number of hydrogen-bond donors (Lipinski definition) is 1. The Morgan fingerprint density at radius 1 is 1.10 bits per heavy atom. The minimum absolute atomic E-state index is 0.306. The first-order chi connectivity index (χ1) is 9.52. The van der Waals surface area contributed by atoms with Crippen molar-refractivity contribution in [3.63, 3.8) is 0 Å². The highest BCUT2D eigenvalue weighted by Gasteiger charge is 2.05. The molecule has 20 heavy (non-hydrogen) atoms. The zero-order chi connectivity index (χ0) is 14.7. The van der Waals surface area contributed by atoms with Gasteiger partial charge in [-0.05, 0) is 24.3 Å². The molecule has 0 bridgehead atoms. The third-order valence-electron chi connectivity index (χ3n) is 3.19. The summed E-state index contributed by atoms with van der Waals surface area (Å²) in [6.45, 7) is 0.397. The highest BCUT2D eigenvalue weighted by molar-refractivity contribution is 5.46. The van der Waals surface area contributed by atoms with Gasteiger partial charge in [0.2, 0.25) is 0 Å². The molecule has 0 aliphatic carbocycles. The van der Waals surface area contributed by atoms with E-state index in [-0.39, 0.29) is 11.2 Å². The zero-order valence-corrected chi connectivity index (χ0v) is 11.7. The largest absolute Gasteiger partial charge is 0.497 e. The maximum absolute atomic E-state index is 11.8. The number of ether oxygens (including phenoxy) is 1. The first kappa shape index (κ1) is 13.9. The molecule has 0 amide bonds. The van der Waals surface area contributed by atoms with Crippen LogP contribution in [0.5, 0.6) is 5.75 Å². The standard InChI is InChI=1S/C14H17N3O3/c1-16-11(8-13(18)17(2)14(16)19)9-15-10-4-6-12(20-3)7-5-10/h4-8,15H,9H2,1-3H3. The molecule has 0 unspecified atom stereocenters. The first-order valence-electron chi connectivity index (χ1n) is 6.17. The Kier molecular flexibility index (Phi) is 3.93. The van der Waals surface area contributed by atoms with Crippen molar-refractivity contribution < 1.29 is 4.74 Å². The molecular weight excluding hydrogens is 258 g/mol. The number of rotatable bonds is 4. The zero-order valence-electron chi connectivity index (χ0n) is 11.7. The van der Waals surface area contributed by atoms with Crippen molar-refractivity contribution in [3.05, 3.63) is 56.9 Å². The lowest BCUT2D eigenvalue weighted by Gasteiger charge is -2.11. The van der Waals surface area contributed by atoms with Crippen molar-refractivity contribution in [1.82, 2.24) is 9.13 Å². The lowest BCUT2D eigenvalue weighted by Crippen LogP contribution is -2.38. The molecule has 0 fully saturated rings. The van der Waals surface area contributed by atoms with Crippen molar-refractivity contribution in [1.29, 1.82) is 0 Å². The van der Waals surface area contributed by atoms with Crippen LogP contribution < -0.4 is 21.3 Å². The summed E-state index contributed by atoms with van der Waals surface area (Å²) in [5.74, 6) is 0.775. The number of benzene rings is 1. The van der Waals surface area contributed by atoms with Gasteiger partial charge < -0.3 is 10.1 Å². The van der Waals surface area contributed by atoms with Crippen LogP contribution in [0.1, 0.15) is 5.69 Å². The minimum atomic E-state index is -0.330. The van der Waals surface area contributed by atoms with E-state index < -0.39 is 0 Å². The van der Waals surface area contributed by atoms with Crippen LogP contribution >= 0.6 is 0 Å². The molecule has 0 spiro atoms. The molecule has 1 aromatic carbocycles. The van der Waals surface area contributed by atoms with Crippen LogP contribution in [-0.4, -0.2) is 16.2 Å². The van der Waals surface area contributed by atoms with E-state index in [0.29, 0.717) is 12.2 Å². The topological polar surface area (TPSA) is 65.3 Å². The summed E-state index contributed by atoms with van der Waals surface area (Å²) in [5.41, 5.74) is 0.886. The Hall–Kier alpha value is -2.50. The number of hydrogen-bond acceptors (Lipinski definition) is 4. The van der Waals surface area contributed by atoms with Crippen molar-refractivity contribution in [2.75, 3.05) is 12.4 Å². The van der Waals surface area contributed by atoms with E-state index in [9.17, 15) is 9.59 Å². The predicted molar refractivity (Wildman–Crippen MR) is 77.2 cm³/mol. The quantitative estimate of drug-likeness (QED) is 0.892. The van der Waals surface area contributed by atoms with Gasteiger partial charge in [0.25, 0.3) is 5.56 Å². The fraction of sp³-hybridized carbons (Fsp3) is 0.286. The second kappa shape index (κ2) is 5.64. The van der Waals surface area contributed by atoms with Gasteiger partial charge in [0.15, 0.2) is 0 Å². The fourth-order valence-corrected chi connectivity index (χ4v) is 1.85. The number of aromatic nitrogens is 2. The molecule has 0 aliphatic heterocycles. The second-order valence-corrected chi connectivity index (χ2v) is 4.46. The number of nitrogens with one attached hydrogen (secondary N) is 1. The number of methoxy groups -OCH3 is 1. The predicted octanol–water partition coefficient (Wildman–Crippen LogP) is 0.705. The summed E-state index contributed by atoms with van der Waals surface area (Å²) >= 11 is 0. The summed E-state index contributed by atoms with van der Waals surface area (Å²) in [4.78, 5) is 23.4. The molecule has 1 N–H and O–H groups in total. The van der Waals surface area contributed by atoms with E-state index in [1.807, 2.05) is 24.3 Å². The van der Waals surface area contributed by atoms with Crippen LogP contribution in [0.15, 0.2) is 39.9 Å². The lowest BCUT2D eigenvalue weighted by molar-refractivity contribution is 0.415. The van der Waals surface area contributed by atoms with Crippen molar-refractivity contribution in [2.24, 2.45) is 14.1 Å². The lowest BCUT2D eigenvalue weighted by atomic mass is 10.3. The van der Waals surface area contributed by atoms with Gasteiger partial charge in [-0.15, -0.1) is 0 Å². The Bertz CT molecular complexity index is 714. The summed E-state index contributed by atoms with van der Waals surface area (Å²) in [5, 5.41) is 3.16. The fourth-order valence-electron chi connectivity index (χ4n) is 1.85. The van der Waals surface area contributed by atoms with E-state index >= 15 is 0 Å². The Morgan fingerprint density at radius 3 is 2.35 bits per heavy atom. The molecule has 0 aliphatic rings. The Balaban J connectivity index is 2.18. The maximum Gasteiger partial charge on any atom is 0.330 e. The molecule has 0 saturated carbocycles. The van der Waals surface area contributed by atoms with E-state index in [0.717, 1.165) is 16.0 Å². The Morgan fingerprint density at radius 2 is 1.75 bits per heavy atom. The van der Waals surface area contributed by atoms with Crippen molar-refractivity contribution >= 4 is 5.69 Å². The van der Waals surface area contributed by atoms with E-state index in [2.05, 4.69) is 5.32 Å². The minimum Gasteiger partial charge on any atom is -0.497 e. The molecular formula is C14H17N3O3. The van der Waals surface area contributed by atoms with Crippen LogP contribution in [0.2, 0.25) is 0 Å². The first-order valence-corrected chi connectivity index (χ1v) is 6.17. The summed E-state index contributed by atoms with van der Waals surface area (Å²) in [6, 6.07) is 8.88. The van der Waals surface area contributed by atoms with Crippen LogP contribution in [0.25, 0.3) is 0 Å². The summed E-state index contributed by atoms with van der Waals surface area (Å²) in [6.07, 6.45) is 0. The SMILES string of the molecule is COc1ccc(NCc2cc(=O)n(C)c(=O)n2C)cc1. The monoisotopic (exact) mass is 275 g/mol. The highest BCUT2D eigenvalue weighted by Crippen LogP contribution is 2.15. The van der Waals surface area contributed by atoms with Crippen LogP contribution in [0.3, 0.4) is 0 Å². The molecule has 6 nitrogen and oxygen atoms in total. The number of nitrogens with zero attached hydrogens (tertiary/aromatic N) is 2. The van der Waals surface area contributed by atoms with Crippen LogP contribution in [0, 0.1) is 0 Å². The third-order valence-corrected chi connectivity index (χ3v) is 3.19. The van der Waals surface area contributed by atoms with E-state index in [4.69, 9.17) is 4.74 Å². The van der Waals surface area contributed by atoms with Gasteiger partial charge in [0, 0.05) is 31.5 Å².